The molecule has 2 saturated heterocycles. The molecule has 2 aromatic rings. The van der Waals surface area contributed by atoms with Crippen LogP contribution in [0, 0.1) is 0 Å². The van der Waals surface area contributed by atoms with Gasteiger partial charge in [-0.3, -0.25) is 4.79 Å². The smallest absolute Gasteiger partial charge is 0.293 e. The number of rotatable bonds is 7. The van der Waals surface area contributed by atoms with Crippen LogP contribution < -0.4 is 10.4 Å². The molecule has 2 aromatic carbocycles. The van der Waals surface area contributed by atoms with E-state index in [0.29, 0.717) is 6.47 Å². The Bertz CT molecular complexity index is 872. The summed E-state index contributed by atoms with van der Waals surface area (Å²) in [4.78, 5) is 11.3. The van der Waals surface area contributed by atoms with E-state index >= 15 is 0 Å². The molecule has 4 rings (SSSR count). The van der Waals surface area contributed by atoms with Gasteiger partial charge in [-0.05, 0) is 29.3 Å². The van der Waals surface area contributed by atoms with Gasteiger partial charge < -0.3 is 23.4 Å². The van der Waals surface area contributed by atoms with Crippen molar-refractivity contribution >= 4 is 25.2 Å². The van der Waals surface area contributed by atoms with E-state index in [1.165, 1.54) is 10.4 Å². The van der Waals surface area contributed by atoms with E-state index in [2.05, 4.69) is 45.0 Å². The molecule has 6 nitrogen and oxygen atoms in total. The molecule has 0 aliphatic carbocycles. The number of carbonyl (C=O) groups excluding carboxylic acids is 1. The van der Waals surface area contributed by atoms with Crippen LogP contribution in [0.4, 0.5) is 0 Å². The fourth-order valence-corrected chi connectivity index (χ4v) is 9.45. The van der Waals surface area contributed by atoms with Crippen molar-refractivity contribution in [3.8, 4) is 0 Å². The Morgan fingerprint density at radius 3 is 2.03 bits per heavy atom. The van der Waals surface area contributed by atoms with Gasteiger partial charge in [-0.15, -0.1) is 0 Å². The molecule has 0 aromatic heterocycles. The van der Waals surface area contributed by atoms with Gasteiger partial charge >= 0.3 is 0 Å². The Balaban J connectivity index is 1.68. The van der Waals surface area contributed by atoms with Crippen LogP contribution in [0.1, 0.15) is 34.6 Å². The van der Waals surface area contributed by atoms with Crippen LogP contribution in [0.2, 0.25) is 5.04 Å². The van der Waals surface area contributed by atoms with Gasteiger partial charge in [0.1, 0.15) is 6.10 Å². The molecule has 4 atom stereocenters. The zero-order valence-electron chi connectivity index (χ0n) is 19.3. The molecule has 2 aliphatic heterocycles. The second-order valence-electron chi connectivity index (χ2n) is 9.81. The summed E-state index contributed by atoms with van der Waals surface area (Å²) in [6.45, 7) is 11.0. The Kier molecular flexibility index (Phi) is 6.31. The molecule has 2 aliphatic rings. The Morgan fingerprint density at radius 2 is 1.53 bits per heavy atom. The van der Waals surface area contributed by atoms with Gasteiger partial charge in [0.05, 0.1) is 6.61 Å². The van der Waals surface area contributed by atoms with E-state index in [0.717, 1.165) is 0 Å². The predicted octanol–water partition coefficient (Wildman–Crippen LogP) is 2.98. The first kappa shape index (κ1) is 23.1. The third kappa shape index (κ3) is 4.15. The van der Waals surface area contributed by atoms with E-state index in [-0.39, 0.29) is 11.6 Å². The highest BCUT2D eigenvalue weighted by Crippen LogP contribution is 2.41. The number of fused-ring (bicyclic) bond motifs is 1. The molecular weight excluding hydrogens is 424 g/mol. The Hall–Kier alpha value is -2.03. The summed E-state index contributed by atoms with van der Waals surface area (Å²) in [5.74, 6) is -0.788. The number of carbonyl (C=O) groups is 1. The first-order valence-corrected chi connectivity index (χ1v) is 12.9. The third-order valence-corrected chi connectivity index (χ3v) is 11.2. The maximum absolute atomic E-state index is 11.3. The fourth-order valence-electron chi connectivity index (χ4n) is 4.88. The minimum atomic E-state index is -2.74. The van der Waals surface area contributed by atoms with Gasteiger partial charge in [0, 0.05) is 0 Å². The van der Waals surface area contributed by atoms with E-state index in [1.807, 2.05) is 50.2 Å². The molecule has 0 spiro atoms. The van der Waals surface area contributed by atoms with Crippen molar-refractivity contribution in [2.24, 2.45) is 0 Å². The largest absolute Gasteiger partial charge is 0.459 e. The van der Waals surface area contributed by atoms with Crippen molar-refractivity contribution in [1.29, 1.82) is 0 Å². The summed E-state index contributed by atoms with van der Waals surface area (Å²) in [5.41, 5.74) is 0. The molecule has 0 radical (unpaired) electrons. The Morgan fingerprint density at radius 1 is 0.969 bits per heavy atom. The van der Waals surface area contributed by atoms with Crippen molar-refractivity contribution in [2.45, 2.75) is 70.0 Å². The second kappa shape index (κ2) is 8.72. The topological polar surface area (TPSA) is 63.2 Å². The van der Waals surface area contributed by atoms with Gasteiger partial charge in [0.15, 0.2) is 24.3 Å². The average molecular weight is 457 g/mol. The normalized spacial score (nSPS) is 27.2. The number of ether oxygens (including phenoxy) is 4. The maximum atomic E-state index is 11.3. The highest BCUT2D eigenvalue weighted by atomic mass is 28.4. The summed E-state index contributed by atoms with van der Waals surface area (Å²) in [5, 5.41) is 2.19. The predicted molar refractivity (Wildman–Crippen MR) is 123 cm³/mol. The lowest BCUT2D eigenvalue weighted by Crippen LogP contribution is -2.67. The SMILES string of the molecule is CC1(C)O[C@@H]2O[C@H](CO[Si](c3ccccc3)(c3ccccc3)C(C)(C)C)[C@@H](OC=O)[C@@H]2O1. The molecule has 0 amide bonds. The number of hydrogen-bond donors (Lipinski definition) is 0. The zero-order chi connectivity index (χ0) is 23.0. The summed E-state index contributed by atoms with van der Waals surface area (Å²) in [6, 6.07) is 20.8. The van der Waals surface area contributed by atoms with Crippen molar-refractivity contribution in [3.05, 3.63) is 60.7 Å². The van der Waals surface area contributed by atoms with Crippen LogP contribution in [-0.4, -0.2) is 51.8 Å². The van der Waals surface area contributed by atoms with Crippen LogP contribution in [-0.2, 0) is 28.2 Å². The lowest BCUT2D eigenvalue weighted by Gasteiger charge is -2.43. The zero-order valence-corrected chi connectivity index (χ0v) is 20.3. The van der Waals surface area contributed by atoms with Crippen LogP contribution >= 0.6 is 0 Å². The van der Waals surface area contributed by atoms with E-state index in [4.69, 9.17) is 23.4 Å². The quantitative estimate of drug-likeness (QED) is 0.472. The van der Waals surface area contributed by atoms with Crippen molar-refractivity contribution in [3.63, 3.8) is 0 Å². The Labute approximate surface area is 190 Å². The minimum Gasteiger partial charge on any atom is -0.459 e. The molecule has 0 saturated carbocycles. The number of hydrogen-bond acceptors (Lipinski definition) is 6. The third-order valence-electron chi connectivity index (χ3n) is 6.18. The second-order valence-corrected chi connectivity index (χ2v) is 14.1. The first-order valence-electron chi connectivity index (χ1n) is 11.0. The number of benzene rings is 2. The van der Waals surface area contributed by atoms with Gasteiger partial charge in [-0.1, -0.05) is 81.4 Å². The monoisotopic (exact) mass is 456 g/mol. The van der Waals surface area contributed by atoms with Gasteiger partial charge in [-0.2, -0.15) is 0 Å². The van der Waals surface area contributed by atoms with Crippen molar-refractivity contribution < 1.29 is 28.2 Å². The molecular formula is C25H32O6Si. The molecule has 7 heteroatoms. The summed E-state index contributed by atoms with van der Waals surface area (Å²) in [6.07, 6.45) is -2.17. The maximum Gasteiger partial charge on any atom is 0.293 e. The molecule has 2 fully saturated rings. The summed E-state index contributed by atoms with van der Waals surface area (Å²) < 4.78 is 30.3. The fraction of sp³-hybridized carbons (Fsp3) is 0.480. The van der Waals surface area contributed by atoms with E-state index < -0.39 is 38.7 Å². The van der Waals surface area contributed by atoms with Crippen molar-refractivity contribution in [1.82, 2.24) is 0 Å². The average Bonchev–Trinajstić information content (AvgIpc) is 3.21. The first-order chi connectivity index (χ1) is 15.2. The van der Waals surface area contributed by atoms with Crippen LogP contribution in [0.5, 0.6) is 0 Å². The molecule has 2 heterocycles. The lowest BCUT2D eigenvalue weighted by atomic mass is 10.1. The molecule has 0 bridgehead atoms. The summed E-state index contributed by atoms with van der Waals surface area (Å²) >= 11 is 0. The van der Waals surface area contributed by atoms with Crippen molar-refractivity contribution in [2.75, 3.05) is 6.61 Å². The minimum absolute atomic E-state index is 0.166. The van der Waals surface area contributed by atoms with E-state index in [9.17, 15) is 4.79 Å². The van der Waals surface area contributed by atoms with Crippen LogP contribution in [0.3, 0.4) is 0 Å². The van der Waals surface area contributed by atoms with Crippen LogP contribution in [0.15, 0.2) is 60.7 Å². The molecule has 0 N–H and O–H groups in total. The molecule has 32 heavy (non-hydrogen) atoms. The summed E-state index contributed by atoms with van der Waals surface area (Å²) in [7, 11) is -2.74. The van der Waals surface area contributed by atoms with Gasteiger partial charge in [-0.25, -0.2) is 0 Å². The van der Waals surface area contributed by atoms with Crippen LogP contribution in [0.25, 0.3) is 0 Å². The van der Waals surface area contributed by atoms with E-state index in [1.54, 1.807) is 0 Å². The lowest BCUT2D eigenvalue weighted by molar-refractivity contribution is -0.219. The standard InChI is InChI=1S/C25H32O6Si/c1-24(2,3)32(18-12-8-6-9-13-18,19-14-10-7-11-15-19)28-16-20-21(27-17-26)22-23(29-20)31-25(4,5)30-22/h6-15,17,20-23H,16H2,1-5H3/t20-,21-,22+,23+/m1/s1. The molecule has 0 unspecified atom stereocenters. The van der Waals surface area contributed by atoms with Gasteiger partial charge in [0.25, 0.3) is 14.8 Å². The van der Waals surface area contributed by atoms with Gasteiger partial charge in [0.2, 0.25) is 0 Å². The highest BCUT2D eigenvalue weighted by molar-refractivity contribution is 6.99. The highest BCUT2D eigenvalue weighted by Gasteiger charge is 2.57. The molecule has 172 valence electrons.